The van der Waals surface area contributed by atoms with E-state index in [4.69, 9.17) is 0 Å². The van der Waals surface area contributed by atoms with E-state index in [2.05, 4.69) is 12.1 Å². The van der Waals surface area contributed by atoms with Crippen molar-refractivity contribution in [2.45, 2.75) is 38.5 Å². The summed E-state index contributed by atoms with van der Waals surface area (Å²) in [5.74, 6) is 0.206. The lowest BCUT2D eigenvalue weighted by Gasteiger charge is -2.27. The van der Waals surface area contributed by atoms with Crippen LogP contribution in [-0.4, -0.2) is 12.5 Å². The summed E-state index contributed by atoms with van der Waals surface area (Å²) in [7, 11) is 0. The second-order valence-corrected chi connectivity index (χ2v) is 5.71. The van der Waals surface area contributed by atoms with Gasteiger partial charge in [-0.3, -0.25) is 4.79 Å². The average Bonchev–Trinajstić information content (AvgIpc) is 2.68. The van der Waals surface area contributed by atoms with Crippen molar-refractivity contribution in [3.05, 3.63) is 28.8 Å². The minimum absolute atomic E-state index is 0.206. The van der Waals surface area contributed by atoms with E-state index in [9.17, 15) is 10.1 Å². The number of rotatable bonds is 1. The Morgan fingerprint density at radius 3 is 2.78 bits per heavy atom. The topological polar surface area (TPSA) is 44.1 Å². The summed E-state index contributed by atoms with van der Waals surface area (Å²) in [5.41, 5.74) is 4.02. The summed E-state index contributed by atoms with van der Waals surface area (Å²) in [5, 5.41) is 9.25. The van der Waals surface area contributed by atoms with Crippen LogP contribution in [0, 0.1) is 11.3 Å². The molecule has 0 atom stereocenters. The third kappa shape index (κ3) is 1.45. The first-order valence-corrected chi connectivity index (χ1v) is 6.41. The highest BCUT2D eigenvalue weighted by atomic mass is 16.2. The summed E-state index contributed by atoms with van der Waals surface area (Å²) < 4.78 is 0. The van der Waals surface area contributed by atoms with Crippen molar-refractivity contribution in [3.63, 3.8) is 0 Å². The lowest BCUT2D eigenvalue weighted by molar-refractivity contribution is -0.117. The first-order valence-electron chi connectivity index (χ1n) is 6.41. The molecule has 0 aliphatic carbocycles. The van der Waals surface area contributed by atoms with Crippen LogP contribution < -0.4 is 4.90 Å². The molecule has 0 saturated carbocycles. The molecule has 1 aromatic rings. The Labute approximate surface area is 107 Å². The molecule has 2 heterocycles. The smallest absolute Gasteiger partial charge is 0.231 e. The SMILES string of the molecule is CC(C)(C#N)c1cc2c3c(c1)CC(=O)N3CCC2. The predicted octanol–water partition coefficient (Wildman–Crippen LogP) is 2.32. The van der Waals surface area contributed by atoms with Crippen molar-refractivity contribution in [3.8, 4) is 6.07 Å². The quantitative estimate of drug-likeness (QED) is 0.756. The van der Waals surface area contributed by atoms with Crippen LogP contribution in [0.25, 0.3) is 0 Å². The fourth-order valence-corrected chi connectivity index (χ4v) is 2.90. The lowest BCUT2D eigenvalue weighted by atomic mass is 9.83. The van der Waals surface area contributed by atoms with Gasteiger partial charge < -0.3 is 4.90 Å². The molecular formula is C15H16N2O. The summed E-state index contributed by atoms with van der Waals surface area (Å²) in [6, 6.07) is 6.51. The molecule has 2 aliphatic rings. The van der Waals surface area contributed by atoms with Crippen molar-refractivity contribution >= 4 is 11.6 Å². The first kappa shape index (κ1) is 11.3. The van der Waals surface area contributed by atoms with Gasteiger partial charge in [0.05, 0.1) is 23.6 Å². The maximum absolute atomic E-state index is 11.9. The first-order chi connectivity index (χ1) is 8.53. The summed E-state index contributed by atoms with van der Waals surface area (Å²) >= 11 is 0. The van der Waals surface area contributed by atoms with Gasteiger partial charge in [-0.25, -0.2) is 0 Å². The Morgan fingerprint density at radius 1 is 1.33 bits per heavy atom. The number of carbonyl (C=O) groups excluding carboxylic acids is 1. The molecule has 2 aliphatic heterocycles. The van der Waals surface area contributed by atoms with Gasteiger partial charge in [0.25, 0.3) is 0 Å². The number of benzene rings is 1. The van der Waals surface area contributed by atoms with E-state index >= 15 is 0 Å². The van der Waals surface area contributed by atoms with Crippen LogP contribution in [0.4, 0.5) is 5.69 Å². The zero-order valence-electron chi connectivity index (χ0n) is 10.8. The van der Waals surface area contributed by atoms with Crippen LogP contribution in [0.2, 0.25) is 0 Å². The van der Waals surface area contributed by atoms with Crippen molar-refractivity contribution in [1.82, 2.24) is 0 Å². The van der Waals surface area contributed by atoms with Gasteiger partial charge in [-0.2, -0.15) is 5.26 Å². The molecule has 0 spiro atoms. The van der Waals surface area contributed by atoms with Gasteiger partial charge in [-0.15, -0.1) is 0 Å². The van der Waals surface area contributed by atoms with Crippen molar-refractivity contribution in [2.24, 2.45) is 0 Å². The van der Waals surface area contributed by atoms with Gasteiger partial charge in [-0.1, -0.05) is 12.1 Å². The predicted molar refractivity (Wildman–Crippen MR) is 69.5 cm³/mol. The second-order valence-electron chi connectivity index (χ2n) is 5.71. The Bertz CT molecular complexity index is 581. The number of carbonyl (C=O) groups is 1. The third-order valence-electron chi connectivity index (χ3n) is 4.01. The zero-order valence-corrected chi connectivity index (χ0v) is 10.8. The highest BCUT2D eigenvalue weighted by molar-refractivity contribution is 6.02. The van der Waals surface area contributed by atoms with Gasteiger partial charge in [0.2, 0.25) is 5.91 Å². The van der Waals surface area contributed by atoms with E-state index < -0.39 is 5.41 Å². The Morgan fingerprint density at radius 2 is 2.06 bits per heavy atom. The van der Waals surface area contributed by atoms with Gasteiger partial charge in [0, 0.05) is 6.54 Å². The Kier molecular flexibility index (Phi) is 2.25. The van der Waals surface area contributed by atoms with Crippen LogP contribution in [0.15, 0.2) is 12.1 Å². The number of hydrogen-bond donors (Lipinski definition) is 0. The average molecular weight is 240 g/mol. The lowest BCUT2D eigenvalue weighted by Crippen LogP contribution is -2.31. The highest BCUT2D eigenvalue weighted by Gasteiger charge is 2.34. The maximum Gasteiger partial charge on any atom is 0.231 e. The van der Waals surface area contributed by atoms with E-state index in [0.717, 1.165) is 36.2 Å². The fraction of sp³-hybridized carbons (Fsp3) is 0.467. The maximum atomic E-state index is 11.9. The summed E-state index contributed by atoms with van der Waals surface area (Å²) in [6.07, 6.45) is 2.54. The van der Waals surface area contributed by atoms with Crippen LogP contribution in [0.5, 0.6) is 0 Å². The number of nitrogens with zero attached hydrogens (tertiary/aromatic N) is 2. The van der Waals surface area contributed by atoms with E-state index in [1.807, 2.05) is 24.8 Å². The molecule has 3 rings (SSSR count). The molecule has 3 heteroatoms. The van der Waals surface area contributed by atoms with Gasteiger partial charge in [0.15, 0.2) is 0 Å². The minimum Gasteiger partial charge on any atom is -0.312 e. The normalized spacial score (nSPS) is 17.6. The van der Waals surface area contributed by atoms with Crippen LogP contribution in [0.3, 0.4) is 0 Å². The van der Waals surface area contributed by atoms with Crippen molar-refractivity contribution < 1.29 is 4.79 Å². The van der Waals surface area contributed by atoms with Crippen LogP contribution in [0.1, 0.15) is 37.0 Å². The molecule has 92 valence electrons. The summed E-state index contributed by atoms with van der Waals surface area (Å²) in [6.45, 7) is 4.71. The zero-order chi connectivity index (χ0) is 12.9. The van der Waals surface area contributed by atoms with E-state index in [-0.39, 0.29) is 5.91 Å². The Balaban J connectivity index is 2.19. The van der Waals surface area contributed by atoms with E-state index in [0.29, 0.717) is 6.42 Å². The fourth-order valence-electron chi connectivity index (χ4n) is 2.90. The van der Waals surface area contributed by atoms with Crippen LogP contribution in [-0.2, 0) is 23.1 Å². The molecular weight excluding hydrogens is 224 g/mol. The minimum atomic E-state index is -0.487. The molecule has 0 aromatic heterocycles. The largest absolute Gasteiger partial charge is 0.312 e. The number of nitriles is 1. The third-order valence-corrected chi connectivity index (χ3v) is 4.01. The molecule has 0 unspecified atom stereocenters. The van der Waals surface area contributed by atoms with Crippen molar-refractivity contribution in [2.75, 3.05) is 11.4 Å². The molecule has 3 nitrogen and oxygen atoms in total. The number of aryl methyl sites for hydroxylation is 1. The van der Waals surface area contributed by atoms with E-state index in [1.165, 1.54) is 5.56 Å². The number of anilines is 1. The van der Waals surface area contributed by atoms with Gasteiger partial charge in [-0.05, 0) is 43.4 Å². The van der Waals surface area contributed by atoms with Gasteiger partial charge >= 0.3 is 0 Å². The van der Waals surface area contributed by atoms with Gasteiger partial charge in [0.1, 0.15) is 0 Å². The second kappa shape index (κ2) is 3.58. The van der Waals surface area contributed by atoms with Crippen molar-refractivity contribution in [1.29, 1.82) is 5.26 Å². The molecule has 0 radical (unpaired) electrons. The molecule has 1 aromatic carbocycles. The molecule has 0 bridgehead atoms. The Hall–Kier alpha value is -1.82. The monoisotopic (exact) mass is 240 g/mol. The molecule has 0 fully saturated rings. The highest BCUT2D eigenvalue weighted by Crippen LogP contribution is 2.39. The molecule has 1 amide bonds. The standard InChI is InChI=1S/C15H16N2O/c1-15(2,9-16)12-6-10-4-3-5-17-13(18)8-11(7-12)14(10)17/h6-7H,3-5,8H2,1-2H3. The summed E-state index contributed by atoms with van der Waals surface area (Å²) in [4.78, 5) is 13.9. The molecule has 0 N–H and O–H groups in total. The van der Waals surface area contributed by atoms with E-state index in [1.54, 1.807) is 0 Å². The number of amides is 1. The number of hydrogen-bond acceptors (Lipinski definition) is 2. The van der Waals surface area contributed by atoms with Crippen LogP contribution >= 0.6 is 0 Å². The molecule has 0 saturated heterocycles. The molecule has 18 heavy (non-hydrogen) atoms.